The summed E-state index contributed by atoms with van der Waals surface area (Å²) in [6.07, 6.45) is 65.3. The van der Waals surface area contributed by atoms with Crippen molar-refractivity contribution in [2.45, 2.75) is 360 Å². The second-order valence-corrected chi connectivity index (χ2v) is 21.1. The van der Waals surface area contributed by atoms with Crippen LogP contribution in [0, 0.1) is 0 Å². The molecular weight excluding hydrogens is 815 g/mol. The molecule has 0 bridgehead atoms. The van der Waals surface area contributed by atoms with Crippen LogP contribution < -0.4 is 5.32 Å². The van der Waals surface area contributed by atoms with Gasteiger partial charge in [-0.05, 0) is 25.7 Å². The molecule has 1 amide bonds. The first kappa shape index (κ1) is 64.9. The zero-order valence-electron chi connectivity index (χ0n) is 45.0. The molecule has 0 aliphatic heterocycles. The summed E-state index contributed by atoms with van der Waals surface area (Å²) in [6, 6.07) is -0.553. The van der Waals surface area contributed by atoms with E-state index in [0.717, 1.165) is 57.8 Å². The van der Waals surface area contributed by atoms with Gasteiger partial charge in [0.1, 0.15) is 0 Å². The van der Waals surface area contributed by atoms with Crippen LogP contribution in [-0.2, 0) is 14.3 Å². The number of amides is 1. The van der Waals surface area contributed by atoms with Gasteiger partial charge < -0.3 is 20.3 Å². The van der Waals surface area contributed by atoms with Gasteiger partial charge in [-0.3, -0.25) is 9.59 Å². The fourth-order valence-corrected chi connectivity index (χ4v) is 9.76. The molecule has 0 radical (unpaired) electrons. The lowest BCUT2D eigenvalue weighted by molar-refractivity contribution is -0.143. The maximum atomic E-state index is 12.5. The molecule has 0 aliphatic rings. The predicted molar refractivity (Wildman–Crippen MR) is 287 cm³/mol. The summed E-state index contributed by atoms with van der Waals surface area (Å²) < 4.78 is 5.47. The lowest BCUT2D eigenvalue weighted by atomic mass is 10.0. The highest BCUT2D eigenvalue weighted by Gasteiger charge is 2.20. The number of esters is 1. The van der Waals surface area contributed by atoms with Crippen LogP contribution in [0.4, 0.5) is 0 Å². The van der Waals surface area contributed by atoms with Gasteiger partial charge in [0.2, 0.25) is 5.91 Å². The summed E-state index contributed by atoms with van der Waals surface area (Å²) in [7, 11) is 0. The Bertz CT molecular complexity index is 944. The number of aliphatic hydroxyl groups excluding tert-OH is 2. The van der Waals surface area contributed by atoms with Crippen molar-refractivity contribution in [3.8, 4) is 0 Å². The third-order valence-electron chi connectivity index (χ3n) is 14.4. The van der Waals surface area contributed by atoms with Gasteiger partial charge in [0.05, 0.1) is 25.4 Å². The molecule has 0 fully saturated rings. The molecule has 394 valence electrons. The van der Waals surface area contributed by atoms with E-state index in [-0.39, 0.29) is 18.5 Å². The summed E-state index contributed by atoms with van der Waals surface area (Å²) in [4.78, 5) is 24.5. The van der Waals surface area contributed by atoms with E-state index >= 15 is 0 Å². The minimum absolute atomic E-state index is 0.00604. The minimum atomic E-state index is -0.674. The van der Waals surface area contributed by atoms with E-state index in [0.29, 0.717) is 25.9 Å². The van der Waals surface area contributed by atoms with Gasteiger partial charge in [-0.2, -0.15) is 0 Å². The number of nitrogens with one attached hydrogen (secondary N) is 1. The van der Waals surface area contributed by atoms with Crippen LogP contribution in [0.3, 0.4) is 0 Å². The van der Waals surface area contributed by atoms with Crippen molar-refractivity contribution in [2.75, 3.05) is 13.2 Å². The Balaban J connectivity index is 3.43. The summed E-state index contributed by atoms with van der Waals surface area (Å²) in [6.45, 7) is 4.95. The molecule has 0 spiro atoms. The van der Waals surface area contributed by atoms with Crippen LogP contribution in [0.2, 0.25) is 0 Å². The third-order valence-corrected chi connectivity index (χ3v) is 14.4. The highest BCUT2D eigenvalue weighted by atomic mass is 16.5. The van der Waals surface area contributed by atoms with Crippen LogP contribution in [0.25, 0.3) is 0 Å². The van der Waals surface area contributed by atoms with E-state index in [1.165, 1.54) is 257 Å². The Morgan fingerprint density at radius 3 is 0.924 bits per heavy atom. The van der Waals surface area contributed by atoms with Gasteiger partial charge >= 0.3 is 5.97 Å². The molecule has 0 heterocycles. The van der Waals surface area contributed by atoms with Crippen molar-refractivity contribution < 1.29 is 24.5 Å². The van der Waals surface area contributed by atoms with Crippen LogP contribution in [0.1, 0.15) is 348 Å². The van der Waals surface area contributed by atoms with Gasteiger partial charge in [0, 0.05) is 12.8 Å². The number of hydrogen-bond donors (Lipinski definition) is 3. The molecule has 0 saturated heterocycles. The zero-order valence-corrected chi connectivity index (χ0v) is 45.0. The van der Waals surface area contributed by atoms with Gasteiger partial charge in [-0.15, -0.1) is 0 Å². The maximum Gasteiger partial charge on any atom is 0.305 e. The first-order valence-electron chi connectivity index (χ1n) is 30.3. The first-order valence-corrected chi connectivity index (χ1v) is 30.3. The van der Waals surface area contributed by atoms with E-state index in [2.05, 4.69) is 19.2 Å². The molecule has 3 N–H and O–H groups in total. The van der Waals surface area contributed by atoms with E-state index < -0.39 is 12.1 Å². The summed E-state index contributed by atoms with van der Waals surface area (Å²) >= 11 is 0. The number of carbonyl (C=O) groups excluding carboxylic acids is 2. The SMILES string of the molecule is CCCCCCCCCCCCCCCCCCCCCCCCCCC(O)C(CO)NC(=O)CCCCCCCCCCCCCCOC(=O)CCCCCCCCCCCCCCC. The number of hydrogen-bond acceptors (Lipinski definition) is 5. The lowest BCUT2D eigenvalue weighted by Crippen LogP contribution is -2.45. The molecule has 0 aliphatic carbocycles. The Hall–Kier alpha value is -1.14. The average molecular weight is 935 g/mol. The van der Waals surface area contributed by atoms with Crippen molar-refractivity contribution in [3.05, 3.63) is 0 Å². The lowest BCUT2D eigenvalue weighted by Gasteiger charge is -2.22. The molecule has 0 aromatic rings. The highest BCUT2D eigenvalue weighted by molar-refractivity contribution is 5.76. The molecule has 6 nitrogen and oxygen atoms in total. The predicted octanol–water partition coefficient (Wildman–Crippen LogP) is 18.7. The van der Waals surface area contributed by atoms with Crippen molar-refractivity contribution >= 4 is 11.9 Å². The molecule has 2 atom stereocenters. The standard InChI is InChI=1S/C60H119NO5/c1-3-5-7-9-11-13-15-17-18-19-20-21-22-23-24-25-26-27-29-32-36-40-44-48-52-58(63)57(56-62)61-59(64)53-49-45-41-37-33-30-31-35-39-43-47-51-55-66-60(65)54-50-46-42-38-34-28-16-14-12-10-8-6-4-2/h57-58,62-63H,3-56H2,1-2H3,(H,61,64). The van der Waals surface area contributed by atoms with Gasteiger partial charge in [0.25, 0.3) is 0 Å². The normalized spacial score (nSPS) is 12.5. The van der Waals surface area contributed by atoms with Crippen LogP contribution in [0.5, 0.6) is 0 Å². The van der Waals surface area contributed by atoms with E-state index in [1.54, 1.807) is 0 Å². The number of ether oxygens (including phenoxy) is 1. The first-order chi connectivity index (χ1) is 32.5. The highest BCUT2D eigenvalue weighted by Crippen LogP contribution is 2.18. The quantitative estimate of drug-likeness (QED) is 0.0417. The molecular formula is C60H119NO5. The Labute approximate surface area is 413 Å². The van der Waals surface area contributed by atoms with E-state index in [4.69, 9.17) is 4.74 Å². The number of carbonyl (C=O) groups is 2. The zero-order chi connectivity index (χ0) is 47.9. The molecule has 66 heavy (non-hydrogen) atoms. The second kappa shape index (κ2) is 56.4. The fourth-order valence-electron chi connectivity index (χ4n) is 9.76. The van der Waals surface area contributed by atoms with Crippen LogP contribution in [0.15, 0.2) is 0 Å². The van der Waals surface area contributed by atoms with Crippen LogP contribution >= 0.6 is 0 Å². The van der Waals surface area contributed by atoms with Gasteiger partial charge in [-0.1, -0.05) is 309 Å². The van der Waals surface area contributed by atoms with Crippen LogP contribution in [-0.4, -0.2) is 47.4 Å². The van der Waals surface area contributed by atoms with Crippen molar-refractivity contribution in [1.82, 2.24) is 5.32 Å². The Morgan fingerprint density at radius 2 is 0.621 bits per heavy atom. The summed E-state index contributed by atoms with van der Waals surface area (Å²) in [5.41, 5.74) is 0. The monoisotopic (exact) mass is 934 g/mol. The number of rotatable bonds is 57. The smallest absolute Gasteiger partial charge is 0.305 e. The van der Waals surface area contributed by atoms with Crippen molar-refractivity contribution in [2.24, 2.45) is 0 Å². The largest absolute Gasteiger partial charge is 0.466 e. The number of unbranched alkanes of at least 4 members (excludes halogenated alkanes) is 46. The maximum absolute atomic E-state index is 12.5. The Morgan fingerprint density at radius 1 is 0.364 bits per heavy atom. The van der Waals surface area contributed by atoms with Gasteiger partial charge in [-0.25, -0.2) is 0 Å². The summed E-state index contributed by atoms with van der Waals surface area (Å²) in [5, 5.41) is 23.4. The third kappa shape index (κ3) is 52.2. The fraction of sp³-hybridized carbons (Fsp3) is 0.967. The molecule has 0 rings (SSSR count). The summed E-state index contributed by atoms with van der Waals surface area (Å²) in [5.74, 6) is -0.0515. The molecule has 0 saturated carbocycles. The molecule has 0 aromatic heterocycles. The molecule has 0 aromatic carbocycles. The minimum Gasteiger partial charge on any atom is -0.466 e. The van der Waals surface area contributed by atoms with Crippen molar-refractivity contribution in [1.29, 1.82) is 0 Å². The molecule has 6 heteroatoms. The topological polar surface area (TPSA) is 95.9 Å². The van der Waals surface area contributed by atoms with E-state index in [1.807, 2.05) is 0 Å². The second-order valence-electron chi connectivity index (χ2n) is 21.1. The van der Waals surface area contributed by atoms with Crippen molar-refractivity contribution in [3.63, 3.8) is 0 Å². The van der Waals surface area contributed by atoms with Gasteiger partial charge in [0.15, 0.2) is 0 Å². The Kier molecular flexibility index (Phi) is 55.5. The average Bonchev–Trinajstić information content (AvgIpc) is 3.32. The molecule has 2 unspecified atom stereocenters. The number of aliphatic hydroxyl groups is 2. The van der Waals surface area contributed by atoms with E-state index in [9.17, 15) is 19.8 Å².